The van der Waals surface area contributed by atoms with E-state index in [2.05, 4.69) is 41.6 Å². The number of halogens is 1. The first kappa shape index (κ1) is 17.9. The number of benzene rings is 1. The molecule has 0 spiro atoms. The summed E-state index contributed by atoms with van der Waals surface area (Å²) in [6, 6.07) is 7.76. The Balaban J connectivity index is 1.29. The molecule has 26 heavy (non-hydrogen) atoms. The maximum atomic E-state index is 5.72. The molecule has 1 aliphatic heterocycles. The summed E-state index contributed by atoms with van der Waals surface area (Å²) in [6.07, 6.45) is 2.52. The van der Waals surface area contributed by atoms with E-state index in [1.165, 1.54) is 23.1 Å². The Morgan fingerprint density at radius 1 is 1.19 bits per heavy atom. The minimum atomic E-state index is 0.283. The SMILES string of the molecule is Brc1ccc(-c2nnc(CSc3nnc(NC[C@H]4CCCO4)s3)o2)cc1. The van der Waals surface area contributed by atoms with Crippen LogP contribution in [0.25, 0.3) is 11.5 Å². The molecule has 7 nitrogen and oxygen atoms in total. The lowest BCUT2D eigenvalue weighted by Gasteiger charge is -2.08. The molecular formula is C16H16BrN5O2S2. The van der Waals surface area contributed by atoms with Gasteiger partial charge in [0.1, 0.15) is 0 Å². The number of rotatable bonds is 7. The van der Waals surface area contributed by atoms with E-state index in [1.54, 1.807) is 0 Å². The number of nitrogens with zero attached hydrogens (tertiary/aromatic N) is 4. The van der Waals surface area contributed by atoms with Gasteiger partial charge < -0.3 is 14.5 Å². The van der Waals surface area contributed by atoms with E-state index in [-0.39, 0.29) is 6.10 Å². The van der Waals surface area contributed by atoms with Gasteiger partial charge in [0, 0.05) is 23.2 Å². The Bertz CT molecular complexity index is 848. The molecule has 10 heteroatoms. The second-order valence-electron chi connectivity index (χ2n) is 5.69. The van der Waals surface area contributed by atoms with Crippen LogP contribution in [0.1, 0.15) is 18.7 Å². The fourth-order valence-corrected chi connectivity index (χ4v) is 4.35. The van der Waals surface area contributed by atoms with Crippen LogP contribution in [0.3, 0.4) is 0 Å². The molecule has 1 saturated heterocycles. The first-order valence-corrected chi connectivity index (χ1v) is 10.8. The molecule has 0 amide bonds. The van der Waals surface area contributed by atoms with Gasteiger partial charge in [-0.25, -0.2) is 0 Å². The summed E-state index contributed by atoms with van der Waals surface area (Å²) in [5, 5.41) is 20.6. The van der Waals surface area contributed by atoms with E-state index in [4.69, 9.17) is 9.15 Å². The van der Waals surface area contributed by atoms with Crippen molar-refractivity contribution in [1.82, 2.24) is 20.4 Å². The van der Waals surface area contributed by atoms with E-state index in [0.717, 1.165) is 45.5 Å². The second kappa shape index (κ2) is 8.47. The molecule has 1 aromatic carbocycles. The predicted octanol–water partition coefficient (Wildman–Crippen LogP) is 4.23. The summed E-state index contributed by atoms with van der Waals surface area (Å²) in [5.74, 6) is 1.64. The van der Waals surface area contributed by atoms with Gasteiger partial charge in [0.25, 0.3) is 0 Å². The average molecular weight is 454 g/mol. The number of hydrogen-bond donors (Lipinski definition) is 1. The van der Waals surface area contributed by atoms with Crippen molar-refractivity contribution in [3.63, 3.8) is 0 Å². The van der Waals surface area contributed by atoms with Crippen LogP contribution in [0, 0.1) is 0 Å². The van der Waals surface area contributed by atoms with Crippen molar-refractivity contribution in [2.24, 2.45) is 0 Å². The highest BCUT2D eigenvalue weighted by Gasteiger charge is 2.16. The highest BCUT2D eigenvalue weighted by molar-refractivity contribution is 9.10. The van der Waals surface area contributed by atoms with Gasteiger partial charge in [-0.05, 0) is 37.1 Å². The number of anilines is 1. The maximum absolute atomic E-state index is 5.72. The lowest BCUT2D eigenvalue weighted by Crippen LogP contribution is -2.18. The average Bonchev–Trinajstić information content (AvgIpc) is 3.40. The number of hydrogen-bond acceptors (Lipinski definition) is 9. The van der Waals surface area contributed by atoms with Gasteiger partial charge in [0.2, 0.25) is 16.9 Å². The number of thioether (sulfide) groups is 1. The van der Waals surface area contributed by atoms with Crippen LogP contribution < -0.4 is 5.32 Å². The monoisotopic (exact) mass is 453 g/mol. The zero-order chi connectivity index (χ0) is 17.8. The summed E-state index contributed by atoms with van der Waals surface area (Å²) < 4.78 is 13.2. The van der Waals surface area contributed by atoms with Crippen LogP contribution in [0.2, 0.25) is 0 Å². The second-order valence-corrected chi connectivity index (χ2v) is 8.80. The molecule has 1 atom stereocenters. The van der Waals surface area contributed by atoms with Gasteiger partial charge in [-0.2, -0.15) is 0 Å². The van der Waals surface area contributed by atoms with Crippen molar-refractivity contribution in [3.8, 4) is 11.5 Å². The normalized spacial score (nSPS) is 16.9. The Labute approximate surface area is 167 Å². The third kappa shape index (κ3) is 4.61. The standard InChI is InChI=1S/C16H16BrN5O2S2/c17-11-5-3-10(4-6-11)14-20-19-13(24-14)9-25-16-22-21-15(26-16)18-8-12-2-1-7-23-12/h3-6,12H,1-2,7-9H2,(H,18,21)/t12-/m1/s1. The van der Waals surface area contributed by atoms with Gasteiger partial charge in [-0.15, -0.1) is 20.4 Å². The quantitative estimate of drug-likeness (QED) is 0.531. The van der Waals surface area contributed by atoms with Crippen LogP contribution in [0.4, 0.5) is 5.13 Å². The molecule has 4 rings (SSSR count). The van der Waals surface area contributed by atoms with Crippen LogP contribution in [0.15, 0.2) is 37.5 Å². The molecular weight excluding hydrogens is 438 g/mol. The summed E-state index contributed by atoms with van der Waals surface area (Å²) in [6.45, 7) is 1.63. The third-order valence-electron chi connectivity index (χ3n) is 3.79. The predicted molar refractivity (Wildman–Crippen MR) is 104 cm³/mol. The molecule has 3 heterocycles. The highest BCUT2D eigenvalue weighted by Crippen LogP contribution is 2.29. The van der Waals surface area contributed by atoms with Crippen LogP contribution >= 0.6 is 39.0 Å². The summed E-state index contributed by atoms with van der Waals surface area (Å²) >= 11 is 6.46. The van der Waals surface area contributed by atoms with Crippen molar-refractivity contribution in [1.29, 1.82) is 0 Å². The summed E-state index contributed by atoms with van der Waals surface area (Å²) in [4.78, 5) is 0. The number of ether oxygens (including phenoxy) is 1. The van der Waals surface area contributed by atoms with Gasteiger partial charge in [-0.3, -0.25) is 0 Å². The molecule has 0 radical (unpaired) electrons. The van der Waals surface area contributed by atoms with E-state index >= 15 is 0 Å². The van der Waals surface area contributed by atoms with Crippen molar-refractivity contribution >= 4 is 44.2 Å². The summed E-state index contributed by atoms with van der Waals surface area (Å²) in [5.41, 5.74) is 0.897. The topological polar surface area (TPSA) is 86.0 Å². The van der Waals surface area contributed by atoms with Crippen LogP contribution in [-0.4, -0.2) is 39.7 Å². The molecule has 2 aromatic heterocycles. The van der Waals surface area contributed by atoms with E-state index < -0.39 is 0 Å². The van der Waals surface area contributed by atoms with E-state index in [1.807, 2.05) is 24.3 Å². The molecule has 3 aromatic rings. The van der Waals surface area contributed by atoms with Gasteiger partial charge in [-0.1, -0.05) is 39.0 Å². The zero-order valence-electron chi connectivity index (χ0n) is 13.7. The molecule has 1 aliphatic rings. The fourth-order valence-electron chi connectivity index (χ4n) is 2.49. The Hall–Kier alpha value is -1.49. The van der Waals surface area contributed by atoms with Crippen molar-refractivity contribution < 1.29 is 9.15 Å². The molecule has 1 fully saturated rings. The largest absolute Gasteiger partial charge is 0.420 e. The Kier molecular flexibility index (Phi) is 5.83. The number of aromatic nitrogens is 4. The number of nitrogens with one attached hydrogen (secondary N) is 1. The highest BCUT2D eigenvalue weighted by atomic mass is 79.9. The van der Waals surface area contributed by atoms with Crippen molar-refractivity contribution in [2.75, 3.05) is 18.5 Å². The van der Waals surface area contributed by atoms with Gasteiger partial charge in [0.15, 0.2) is 4.34 Å². The lowest BCUT2D eigenvalue weighted by atomic mass is 10.2. The first-order chi connectivity index (χ1) is 12.8. The molecule has 0 bridgehead atoms. The molecule has 0 unspecified atom stereocenters. The fraction of sp³-hybridized carbons (Fsp3) is 0.375. The zero-order valence-corrected chi connectivity index (χ0v) is 16.9. The molecule has 0 aliphatic carbocycles. The smallest absolute Gasteiger partial charge is 0.247 e. The Morgan fingerprint density at radius 2 is 2.08 bits per heavy atom. The third-order valence-corrected chi connectivity index (χ3v) is 6.32. The van der Waals surface area contributed by atoms with Crippen LogP contribution in [0.5, 0.6) is 0 Å². The molecule has 1 N–H and O–H groups in total. The first-order valence-electron chi connectivity index (χ1n) is 8.16. The van der Waals surface area contributed by atoms with E-state index in [9.17, 15) is 0 Å². The van der Waals surface area contributed by atoms with Gasteiger partial charge >= 0.3 is 0 Å². The molecule has 0 saturated carbocycles. The summed E-state index contributed by atoms with van der Waals surface area (Å²) in [7, 11) is 0. The molecule has 136 valence electrons. The van der Waals surface area contributed by atoms with Crippen molar-refractivity contribution in [2.45, 2.75) is 29.0 Å². The van der Waals surface area contributed by atoms with Gasteiger partial charge in [0.05, 0.1) is 11.9 Å². The minimum Gasteiger partial charge on any atom is -0.420 e. The minimum absolute atomic E-state index is 0.283. The lowest BCUT2D eigenvalue weighted by molar-refractivity contribution is 0.120. The van der Waals surface area contributed by atoms with E-state index in [0.29, 0.717) is 17.5 Å². The van der Waals surface area contributed by atoms with Crippen molar-refractivity contribution in [3.05, 3.63) is 34.6 Å². The van der Waals surface area contributed by atoms with Crippen LogP contribution in [-0.2, 0) is 10.5 Å². The Morgan fingerprint density at radius 3 is 2.88 bits per heavy atom. The maximum Gasteiger partial charge on any atom is 0.247 e.